The van der Waals surface area contributed by atoms with Crippen molar-refractivity contribution in [1.82, 2.24) is 9.55 Å². The van der Waals surface area contributed by atoms with Crippen LogP contribution in [0.2, 0.25) is 0 Å². The summed E-state index contributed by atoms with van der Waals surface area (Å²) >= 11 is 3.24. The van der Waals surface area contributed by atoms with Crippen LogP contribution in [0.1, 0.15) is 11.4 Å². The van der Waals surface area contributed by atoms with Gasteiger partial charge in [-0.05, 0) is 34.1 Å². The molecule has 0 bridgehead atoms. The third-order valence-corrected chi connectivity index (χ3v) is 3.57. The fourth-order valence-corrected chi connectivity index (χ4v) is 2.17. The summed E-state index contributed by atoms with van der Waals surface area (Å²) in [7, 11) is 1.88. The van der Waals surface area contributed by atoms with Gasteiger partial charge in [0, 0.05) is 42.6 Å². The van der Waals surface area contributed by atoms with Crippen molar-refractivity contribution < 1.29 is 13.2 Å². The molecule has 0 unspecified atom stereocenters. The Labute approximate surface area is 123 Å². The highest BCUT2D eigenvalue weighted by molar-refractivity contribution is 9.10. The van der Waals surface area contributed by atoms with Crippen LogP contribution in [-0.2, 0) is 19.6 Å². The van der Waals surface area contributed by atoms with Crippen molar-refractivity contribution in [3.63, 3.8) is 0 Å². The van der Waals surface area contributed by atoms with E-state index in [0.717, 1.165) is 18.0 Å². The number of halogens is 4. The Morgan fingerprint density at radius 3 is 2.70 bits per heavy atom. The predicted octanol–water partition coefficient (Wildman–Crippen LogP) is 3.86. The Morgan fingerprint density at radius 2 is 2.10 bits per heavy atom. The molecule has 20 heavy (non-hydrogen) atoms. The molecular formula is C13H13BrF3N3. The number of benzene rings is 1. The maximum absolute atomic E-state index is 12.6. The Balaban J connectivity index is 2.04. The van der Waals surface area contributed by atoms with Crippen LogP contribution in [0.25, 0.3) is 0 Å². The van der Waals surface area contributed by atoms with Gasteiger partial charge in [0.2, 0.25) is 0 Å². The number of rotatable bonds is 4. The van der Waals surface area contributed by atoms with E-state index in [1.165, 1.54) is 6.07 Å². The summed E-state index contributed by atoms with van der Waals surface area (Å²) in [6.45, 7) is 0.505. The lowest BCUT2D eigenvalue weighted by molar-refractivity contribution is -0.137. The molecule has 1 N–H and O–H groups in total. The topological polar surface area (TPSA) is 29.9 Å². The maximum atomic E-state index is 12.6. The molecule has 0 radical (unpaired) electrons. The number of anilines is 1. The third-order valence-electron chi connectivity index (χ3n) is 2.88. The first-order chi connectivity index (χ1) is 9.38. The molecule has 0 amide bonds. The largest absolute Gasteiger partial charge is 0.416 e. The minimum absolute atomic E-state index is 0.425. The molecular weight excluding hydrogens is 335 g/mol. The zero-order valence-corrected chi connectivity index (χ0v) is 12.3. The number of hydrogen-bond donors (Lipinski definition) is 1. The standard InChI is InChI=1S/C13H13BrF3N3/c1-20-7-6-19-12(20)4-5-18-11-8-9(13(15,16)17)2-3-10(11)14/h2-3,6-8,18H,4-5H2,1H3. The molecule has 0 saturated heterocycles. The van der Waals surface area contributed by atoms with Gasteiger partial charge in [-0.3, -0.25) is 0 Å². The van der Waals surface area contributed by atoms with Crippen molar-refractivity contribution in [1.29, 1.82) is 0 Å². The molecule has 0 aliphatic heterocycles. The highest BCUT2D eigenvalue weighted by Crippen LogP contribution is 2.33. The zero-order valence-electron chi connectivity index (χ0n) is 10.7. The average Bonchev–Trinajstić information content (AvgIpc) is 2.76. The van der Waals surface area contributed by atoms with Gasteiger partial charge in [0.1, 0.15) is 5.82 Å². The Morgan fingerprint density at radius 1 is 1.35 bits per heavy atom. The second kappa shape index (κ2) is 5.87. The van der Waals surface area contributed by atoms with Crippen LogP contribution in [0.3, 0.4) is 0 Å². The van der Waals surface area contributed by atoms with Gasteiger partial charge < -0.3 is 9.88 Å². The number of alkyl halides is 3. The maximum Gasteiger partial charge on any atom is 0.416 e. The first-order valence-corrected chi connectivity index (χ1v) is 6.74. The van der Waals surface area contributed by atoms with E-state index < -0.39 is 11.7 Å². The van der Waals surface area contributed by atoms with Crippen LogP contribution >= 0.6 is 15.9 Å². The summed E-state index contributed by atoms with van der Waals surface area (Å²) < 4.78 is 40.4. The van der Waals surface area contributed by atoms with Crippen LogP contribution in [0.4, 0.5) is 18.9 Å². The van der Waals surface area contributed by atoms with Gasteiger partial charge in [0.05, 0.1) is 5.56 Å². The molecule has 108 valence electrons. The number of nitrogens with one attached hydrogen (secondary N) is 1. The summed E-state index contributed by atoms with van der Waals surface area (Å²) in [6.07, 6.45) is -0.186. The van der Waals surface area contributed by atoms with Gasteiger partial charge >= 0.3 is 6.18 Å². The van der Waals surface area contributed by atoms with Crippen molar-refractivity contribution in [2.75, 3.05) is 11.9 Å². The summed E-state index contributed by atoms with van der Waals surface area (Å²) in [5, 5.41) is 2.99. The van der Waals surface area contributed by atoms with E-state index >= 15 is 0 Å². The van der Waals surface area contributed by atoms with Gasteiger partial charge in [-0.1, -0.05) is 0 Å². The van der Waals surface area contributed by atoms with Gasteiger partial charge in [0.15, 0.2) is 0 Å². The van der Waals surface area contributed by atoms with Crippen molar-refractivity contribution >= 4 is 21.6 Å². The van der Waals surface area contributed by atoms with E-state index in [-0.39, 0.29) is 0 Å². The molecule has 0 aliphatic carbocycles. The summed E-state index contributed by atoms with van der Waals surface area (Å²) in [5.74, 6) is 0.876. The van der Waals surface area contributed by atoms with Crippen molar-refractivity contribution in [3.8, 4) is 0 Å². The van der Waals surface area contributed by atoms with Gasteiger partial charge in [-0.25, -0.2) is 4.98 Å². The van der Waals surface area contributed by atoms with Crippen molar-refractivity contribution in [2.45, 2.75) is 12.6 Å². The number of hydrogen-bond acceptors (Lipinski definition) is 2. The Kier molecular flexibility index (Phi) is 4.37. The Hall–Kier alpha value is -1.50. The summed E-state index contributed by atoms with van der Waals surface area (Å²) in [5.41, 5.74) is -0.241. The van der Waals surface area contributed by atoms with Crippen LogP contribution < -0.4 is 5.32 Å². The number of nitrogens with zero attached hydrogens (tertiary/aromatic N) is 2. The highest BCUT2D eigenvalue weighted by atomic mass is 79.9. The third kappa shape index (κ3) is 3.53. The molecule has 0 atom stereocenters. The van der Waals surface area contributed by atoms with Gasteiger partial charge in [-0.2, -0.15) is 13.2 Å². The minimum atomic E-state index is -4.34. The van der Waals surface area contributed by atoms with E-state index in [1.54, 1.807) is 6.20 Å². The molecule has 2 rings (SSSR count). The lowest BCUT2D eigenvalue weighted by Gasteiger charge is -2.12. The molecule has 0 spiro atoms. The molecule has 1 aromatic heterocycles. The normalized spacial score (nSPS) is 11.7. The molecule has 0 fully saturated rings. The average molecular weight is 348 g/mol. The van der Waals surface area contributed by atoms with E-state index in [1.807, 2.05) is 17.8 Å². The van der Waals surface area contributed by atoms with E-state index in [0.29, 0.717) is 23.1 Å². The molecule has 7 heteroatoms. The zero-order chi connectivity index (χ0) is 14.8. The first kappa shape index (κ1) is 14.9. The van der Waals surface area contributed by atoms with Crippen LogP contribution in [0, 0.1) is 0 Å². The van der Waals surface area contributed by atoms with Gasteiger partial charge in [0.25, 0.3) is 0 Å². The van der Waals surface area contributed by atoms with Crippen molar-refractivity contribution in [3.05, 3.63) is 46.5 Å². The number of imidazole rings is 1. The van der Waals surface area contributed by atoms with E-state index in [2.05, 4.69) is 26.2 Å². The summed E-state index contributed by atoms with van der Waals surface area (Å²) in [6, 6.07) is 3.54. The molecule has 1 aromatic carbocycles. The van der Waals surface area contributed by atoms with E-state index in [9.17, 15) is 13.2 Å². The molecule has 1 heterocycles. The van der Waals surface area contributed by atoms with Crippen LogP contribution in [-0.4, -0.2) is 16.1 Å². The number of aryl methyl sites for hydroxylation is 1. The molecule has 0 aliphatic rings. The second-order valence-corrected chi connectivity index (χ2v) is 5.18. The van der Waals surface area contributed by atoms with Crippen LogP contribution in [0.15, 0.2) is 35.1 Å². The highest BCUT2D eigenvalue weighted by Gasteiger charge is 2.30. The molecule has 2 aromatic rings. The SMILES string of the molecule is Cn1ccnc1CCNc1cc(C(F)(F)F)ccc1Br. The second-order valence-electron chi connectivity index (χ2n) is 4.32. The fraction of sp³-hybridized carbons (Fsp3) is 0.308. The Bertz CT molecular complexity index is 593. The minimum Gasteiger partial charge on any atom is -0.384 e. The monoisotopic (exact) mass is 347 g/mol. The van der Waals surface area contributed by atoms with E-state index in [4.69, 9.17) is 0 Å². The van der Waals surface area contributed by atoms with Gasteiger partial charge in [-0.15, -0.1) is 0 Å². The lowest BCUT2D eigenvalue weighted by atomic mass is 10.2. The predicted molar refractivity (Wildman–Crippen MR) is 74.5 cm³/mol. The van der Waals surface area contributed by atoms with Crippen LogP contribution in [0.5, 0.6) is 0 Å². The summed E-state index contributed by atoms with van der Waals surface area (Å²) in [4.78, 5) is 4.16. The van der Waals surface area contributed by atoms with Crippen molar-refractivity contribution in [2.24, 2.45) is 7.05 Å². The lowest BCUT2D eigenvalue weighted by Crippen LogP contribution is -2.10. The smallest absolute Gasteiger partial charge is 0.384 e. The number of aromatic nitrogens is 2. The fourth-order valence-electron chi connectivity index (χ4n) is 1.78. The molecule has 3 nitrogen and oxygen atoms in total. The first-order valence-electron chi connectivity index (χ1n) is 5.95. The quantitative estimate of drug-likeness (QED) is 0.910. The molecule has 0 saturated carbocycles.